The van der Waals surface area contributed by atoms with Gasteiger partial charge in [-0.3, -0.25) is 9.59 Å². The topological polar surface area (TPSA) is 91.6 Å². The number of anilines is 1. The number of hydrogen-bond donors (Lipinski definition) is 3. The number of fused-ring (bicyclic) bond motifs is 1. The number of aromatic nitrogens is 1. The van der Waals surface area contributed by atoms with Crippen LogP contribution < -0.4 is 10.9 Å². The van der Waals surface area contributed by atoms with Gasteiger partial charge in [-0.1, -0.05) is 25.1 Å². The van der Waals surface area contributed by atoms with Crippen LogP contribution in [0.25, 0.3) is 10.9 Å². The number of hydrogen-bond acceptors (Lipinski definition) is 4. The van der Waals surface area contributed by atoms with Gasteiger partial charge in [-0.15, -0.1) is 0 Å². The molecular weight excluding hydrogens is 320 g/mol. The van der Waals surface area contributed by atoms with Crippen molar-refractivity contribution in [2.75, 3.05) is 5.32 Å². The van der Waals surface area contributed by atoms with Crippen LogP contribution in [-0.4, -0.2) is 20.7 Å². The zero-order chi connectivity index (χ0) is 18.1. The standard InChI is InChI=1S/C19H18N2O4/c1-3-11-6-4-7-12(10-11)20-18(24)16-17(23)15-13(21(2)19(16)25)8-5-9-14(15)22/h4-10,22-23H,3H2,1-2H3,(H,20,24). The minimum absolute atomic E-state index is 0.0667. The van der Waals surface area contributed by atoms with Gasteiger partial charge in [0, 0.05) is 12.7 Å². The van der Waals surface area contributed by atoms with Gasteiger partial charge < -0.3 is 20.1 Å². The summed E-state index contributed by atoms with van der Waals surface area (Å²) in [5.41, 5.74) is 0.861. The van der Waals surface area contributed by atoms with Crippen LogP contribution in [0.3, 0.4) is 0 Å². The molecule has 0 aliphatic heterocycles. The second-order valence-corrected chi connectivity index (χ2v) is 5.77. The van der Waals surface area contributed by atoms with Crippen LogP contribution in [0.15, 0.2) is 47.3 Å². The van der Waals surface area contributed by atoms with Crippen LogP contribution in [0.2, 0.25) is 0 Å². The van der Waals surface area contributed by atoms with Gasteiger partial charge in [-0.05, 0) is 36.2 Å². The molecule has 0 fully saturated rings. The predicted octanol–water partition coefficient (Wildman–Crippen LogP) is 2.76. The highest BCUT2D eigenvalue weighted by Crippen LogP contribution is 2.33. The van der Waals surface area contributed by atoms with E-state index in [0.29, 0.717) is 11.2 Å². The van der Waals surface area contributed by atoms with Crippen LogP contribution in [0, 0.1) is 0 Å². The molecule has 3 N–H and O–H groups in total. The summed E-state index contributed by atoms with van der Waals surface area (Å²) in [6, 6.07) is 11.8. The average molecular weight is 338 g/mol. The summed E-state index contributed by atoms with van der Waals surface area (Å²) >= 11 is 0. The molecular formula is C19H18N2O4. The van der Waals surface area contributed by atoms with E-state index < -0.39 is 22.8 Å². The van der Waals surface area contributed by atoms with Crippen molar-refractivity contribution in [1.29, 1.82) is 0 Å². The summed E-state index contributed by atoms with van der Waals surface area (Å²) in [5, 5.41) is 23.2. The Morgan fingerprint density at radius 2 is 1.88 bits per heavy atom. The normalized spacial score (nSPS) is 10.8. The summed E-state index contributed by atoms with van der Waals surface area (Å²) in [6.45, 7) is 1.99. The summed E-state index contributed by atoms with van der Waals surface area (Å²) in [5.74, 6) is -1.45. The third kappa shape index (κ3) is 2.82. The van der Waals surface area contributed by atoms with Gasteiger partial charge in [-0.2, -0.15) is 0 Å². The van der Waals surface area contributed by atoms with Gasteiger partial charge in [0.25, 0.3) is 11.5 Å². The number of aryl methyl sites for hydroxylation is 2. The zero-order valence-electron chi connectivity index (χ0n) is 13.9. The van der Waals surface area contributed by atoms with Crippen molar-refractivity contribution in [3.63, 3.8) is 0 Å². The number of nitrogens with one attached hydrogen (secondary N) is 1. The van der Waals surface area contributed by atoms with Crippen molar-refractivity contribution in [2.45, 2.75) is 13.3 Å². The Hall–Kier alpha value is -3.28. The summed E-state index contributed by atoms with van der Waals surface area (Å²) in [7, 11) is 1.48. The van der Waals surface area contributed by atoms with Gasteiger partial charge in [-0.25, -0.2) is 0 Å². The molecule has 1 aromatic heterocycles. The first-order chi connectivity index (χ1) is 11.9. The highest BCUT2D eigenvalue weighted by atomic mass is 16.3. The Bertz CT molecular complexity index is 1040. The molecule has 0 spiro atoms. The fourth-order valence-electron chi connectivity index (χ4n) is 2.82. The molecule has 0 radical (unpaired) electrons. The fraction of sp³-hybridized carbons (Fsp3) is 0.158. The maximum absolute atomic E-state index is 12.6. The minimum Gasteiger partial charge on any atom is -0.507 e. The van der Waals surface area contributed by atoms with Crippen molar-refractivity contribution >= 4 is 22.5 Å². The molecule has 6 heteroatoms. The Labute approximate surface area is 144 Å². The number of carbonyl (C=O) groups is 1. The van der Waals surface area contributed by atoms with E-state index in [2.05, 4.69) is 5.32 Å². The van der Waals surface area contributed by atoms with Crippen molar-refractivity contribution in [1.82, 2.24) is 4.57 Å². The molecule has 1 amide bonds. The molecule has 0 saturated carbocycles. The van der Waals surface area contributed by atoms with Crippen molar-refractivity contribution < 1.29 is 15.0 Å². The molecule has 0 unspecified atom stereocenters. The van der Waals surface area contributed by atoms with Gasteiger partial charge in [0.05, 0.1) is 10.9 Å². The van der Waals surface area contributed by atoms with Crippen LogP contribution in [0.4, 0.5) is 5.69 Å². The number of benzene rings is 2. The highest BCUT2D eigenvalue weighted by Gasteiger charge is 2.22. The van der Waals surface area contributed by atoms with E-state index in [0.717, 1.165) is 12.0 Å². The summed E-state index contributed by atoms with van der Waals surface area (Å²) < 4.78 is 1.23. The van der Waals surface area contributed by atoms with Gasteiger partial charge in [0.1, 0.15) is 17.1 Å². The second kappa shape index (κ2) is 6.32. The first-order valence-corrected chi connectivity index (χ1v) is 7.88. The maximum Gasteiger partial charge on any atom is 0.267 e. The van der Waals surface area contributed by atoms with E-state index in [4.69, 9.17) is 0 Å². The molecule has 128 valence electrons. The van der Waals surface area contributed by atoms with E-state index in [-0.39, 0.29) is 11.1 Å². The smallest absolute Gasteiger partial charge is 0.267 e. The van der Waals surface area contributed by atoms with E-state index in [9.17, 15) is 19.8 Å². The molecule has 0 bridgehead atoms. The van der Waals surface area contributed by atoms with E-state index in [1.807, 2.05) is 13.0 Å². The molecule has 0 aliphatic carbocycles. The summed E-state index contributed by atoms with van der Waals surface area (Å²) in [4.78, 5) is 25.1. The predicted molar refractivity (Wildman–Crippen MR) is 96.3 cm³/mol. The van der Waals surface area contributed by atoms with Crippen molar-refractivity contribution in [3.8, 4) is 11.5 Å². The lowest BCUT2D eigenvalue weighted by Gasteiger charge is -2.13. The number of phenolic OH excluding ortho intramolecular Hbond substituents is 1. The molecule has 3 rings (SSSR count). The van der Waals surface area contributed by atoms with Gasteiger partial charge in [0.2, 0.25) is 0 Å². The number of phenols is 1. The number of carbonyl (C=O) groups excluding carboxylic acids is 1. The Morgan fingerprint density at radius 3 is 2.60 bits per heavy atom. The third-order valence-electron chi connectivity index (χ3n) is 4.19. The lowest BCUT2D eigenvalue weighted by molar-refractivity contribution is 0.102. The quantitative estimate of drug-likeness (QED) is 0.685. The van der Waals surface area contributed by atoms with Crippen LogP contribution in [0.5, 0.6) is 11.5 Å². The lowest BCUT2D eigenvalue weighted by atomic mass is 10.1. The average Bonchev–Trinajstić information content (AvgIpc) is 2.59. The molecule has 0 atom stereocenters. The molecule has 0 saturated heterocycles. The fourth-order valence-corrected chi connectivity index (χ4v) is 2.82. The lowest BCUT2D eigenvalue weighted by Crippen LogP contribution is -2.28. The van der Waals surface area contributed by atoms with Crippen LogP contribution in [-0.2, 0) is 13.5 Å². The molecule has 6 nitrogen and oxygen atoms in total. The molecule has 0 aliphatic rings. The number of pyridine rings is 1. The third-order valence-corrected chi connectivity index (χ3v) is 4.19. The van der Waals surface area contributed by atoms with Gasteiger partial charge in [0.15, 0.2) is 0 Å². The van der Waals surface area contributed by atoms with Crippen LogP contribution in [0.1, 0.15) is 22.8 Å². The zero-order valence-corrected chi connectivity index (χ0v) is 13.9. The Balaban J connectivity index is 2.13. The molecule has 25 heavy (non-hydrogen) atoms. The molecule has 2 aromatic carbocycles. The van der Waals surface area contributed by atoms with Gasteiger partial charge >= 0.3 is 0 Å². The number of nitrogens with zero attached hydrogens (tertiary/aromatic N) is 1. The molecule has 3 aromatic rings. The Morgan fingerprint density at radius 1 is 1.16 bits per heavy atom. The number of aromatic hydroxyl groups is 2. The number of rotatable bonds is 3. The maximum atomic E-state index is 12.6. The molecule has 1 heterocycles. The second-order valence-electron chi connectivity index (χ2n) is 5.77. The van der Waals surface area contributed by atoms with E-state index >= 15 is 0 Å². The first-order valence-electron chi connectivity index (χ1n) is 7.88. The summed E-state index contributed by atoms with van der Waals surface area (Å²) in [6.07, 6.45) is 0.806. The number of amides is 1. The highest BCUT2D eigenvalue weighted by molar-refractivity contribution is 6.09. The Kier molecular flexibility index (Phi) is 4.19. The monoisotopic (exact) mass is 338 g/mol. The van der Waals surface area contributed by atoms with Crippen molar-refractivity contribution in [3.05, 3.63) is 63.9 Å². The van der Waals surface area contributed by atoms with E-state index in [1.54, 1.807) is 30.3 Å². The first kappa shape index (κ1) is 16.6. The minimum atomic E-state index is -0.725. The van der Waals surface area contributed by atoms with Crippen LogP contribution >= 0.6 is 0 Å². The largest absolute Gasteiger partial charge is 0.507 e. The van der Waals surface area contributed by atoms with Crippen molar-refractivity contribution in [2.24, 2.45) is 7.05 Å². The van der Waals surface area contributed by atoms with E-state index in [1.165, 1.54) is 17.7 Å². The SMILES string of the molecule is CCc1cccc(NC(=O)c2c(O)c3c(O)cccc3n(C)c2=O)c1.